The first-order valence-corrected chi connectivity index (χ1v) is 10.0. The van der Waals surface area contributed by atoms with Crippen molar-refractivity contribution < 1.29 is 27.8 Å². The number of H-pyrrole nitrogens is 1. The van der Waals surface area contributed by atoms with Crippen LogP contribution < -0.4 is 5.32 Å². The summed E-state index contributed by atoms with van der Waals surface area (Å²) in [4.78, 5) is 19.9. The fraction of sp³-hybridized carbons (Fsp3) is 0.381. The molecule has 3 N–H and O–H groups in total. The van der Waals surface area contributed by atoms with Crippen molar-refractivity contribution in [3.63, 3.8) is 0 Å². The Bertz CT molecular complexity index is 1130. The molecule has 172 valence electrons. The van der Waals surface area contributed by atoms with E-state index in [1.54, 1.807) is 29.2 Å². The standard InChI is InChI=1S/C21H24F3N5O3/c1-4-16(27-14-10-26-29(11-14)12(2)3)18-15-9-13(5-6-17(15)28-20(18)31)19(30)25-7-8-32-21(22,23)24/h5-6,9-12,28,31H,4,7-8H2,1-3H3,(H,25,30). The molecular formula is C21H24F3N5O3. The van der Waals surface area contributed by atoms with Crippen molar-refractivity contribution >= 4 is 28.2 Å². The minimum absolute atomic E-state index is 0.0898. The van der Waals surface area contributed by atoms with Crippen molar-refractivity contribution in [2.24, 2.45) is 4.99 Å². The number of aromatic nitrogens is 3. The quantitative estimate of drug-likeness (QED) is 0.348. The Morgan fingerprint density at radius 1 is 1.38 bits per heavy atom. The summed E-state index contributed by atoms with van der Waals surface area (Å²) in [7, 11) is 0. The van der Waals surface area contributed by atoms with Crippen molar-refractivity contribution in [1.82, 2.24) is 20.1 Å². The fourth-order valence-corrected chi connectivity index (χ4v) is 3.18. The summed E-state index contributed by atoms with van der Waals surface area (Å²) in [6, 6.07) is 4.86. The van der Waals surface area contributed by atoms with Gasteiger partial charge in [-0.25, -0.2) is 4.99 Å². The molecular weight excluding hydrogens is 427 g/mol. The summed E-state index contributed by atoms with van der Waals surface area (Å²) < 4.78 is 41.6. The van der Waals surface area contributed by atoms with Crippen molar-refractivity contribution in [2.75, 3.05) is 13.2 Å². The van der Waals surface area contributed by atoms with Gasteiger partial charge in [-0.1, -0.05) is 6.92 Å². The van der Waals surface area contributed by atoms with E-state index in [4.69, 9.17) is 0 Å². The normalized spacial score (nSPS) is 12.7. The van der Waals surface area contributed by atoms with Gasteiger partial charge in [0.1, 0.15) is 5.69 Å². The van der Waals surface area contributed by atoms with Crippen molar-refractivity contribution in [3.05, 3.63) is 41.7 Å². The van der Waals surface area contributed by atoms with E-state index in [-0.39, 0.29) is 24.0 Å². The van der Waals surface area contributed by atoms with Gasteiger partial charge < -0.3 is 15.4 Å². The van der Waals surface area contributed by atoms with Crippen LogP contribution in [0.1, 0.15) is 49.2 Å². The summed E-state index contributed by atoms with van der Waals surface area (Å²) in [6.45, 7) is 4.89. The molecule has 8 nitrogen and oxygen atoms in total. The second-order valence-corrected chi connectivity index (χ2v) is 7.34. The number of amides is 1. The number of aromatic amines is 1. The minimum atomic E-state index is -4.75. The van der Waals surface area contributed by atoms with Gasteiger partial charge in [-0.3, -0.25) is 14.2 Å². The van der Waals surface area contributed by atoms with Gasteiger partial charge in [0.2, 0.25) is 0 Å². The van der Waals surface area contributed by atoms with Crippen LogP contribution in [0, 0.1) is 0 Å². The van der Waals surface area contributed by atoms with Crippen LogP contribution in [0.4, 0.5) is 18.9 Å². The average Bonchev–Trinajstić information content (AvgIpc) is 3.32. The Balaban J connectivity index is 1.87. The van der Waals surface area contributed by atoms with Crippen LogP contribution in [0.25, 0.3) is 10.9 Å². The van der Waals surface area contributed by atoms with Crippen LogP contribution in [0.2, 0.25) is 0 Å². The van der Waals surface area contributed by atoms with E-state index in [0.29, 0.717) is 34.3 Å². The number of halogens is 3. The summed E-state index contributed by atoms with van der Waals surface area (Å²) in [5.41, 5.74) is 2.49. The highest BCUT2D eigenvalue weighted by atomic mass is 19.4. The molecule has 0 aliphatic heterocycles. The first kappa shape index (κ1) is 23.3. The molecule has 0 spiro atoms. The van der Waals surface area contributed by atoms with Gasteiger partial charge in [0.05, 0.1) is 30.3 Å². The highest BCUT2D eigenvalue weighted by Gasteiger charge is 2.28. The third-order valence-corrected chi connectivity index (χ3v) is 4.70. The molecule has 2 heterocycles. The number of nitrogens with one attached hydrogen (secondary N) is 2. The molecule has 0 unspecified atom stereocenters. The smallest absolute Gasteiger partial charge is 0.494 e. The molecule has 0 radical (unpaired) electrons. The lowest BCUT2D eigenvalue weighted by Crippen LogP contribution is -2.29. The van der Waals surface area contributed by atoms with Crippen molar-refractivity contribution in [3.8, 4) is 5.88 Å². The van der Waals surface area contributed by atoms with Crippen LogP contribution in [0.15, 0.2) is 35.6 Å². The minimum Gasteiger partial charge on any atom is -0.494 e. The zero-order valence-corrected chi connectivity index (χ0v) is 17.8. The highest BCUT2D eigenvalue weighted by Crippen LogP contribution is 2.31. The molecule has 0 atom stereocenters. The lowest BCUT2D eigenvalue weighted by atomic mass is 10.0. The second-order valence-electron chi connectivity index (χ2n) is 7.34. The molecule has 1 amide bonds. The number of fused-ring (bicyclic) bond motifs is 1. The summed E-state index contributed by atoms with van der Waals surface area (Å²) >= 11 is 0. The number of alkyl halides is 3. The van der Waals surface area contributed by atoms with E-state index in [1.807, 2.05) is 20.8 Å². The number of ether oxygens (including phenoxy) is 1. The Morgan fingerprint density at radius 3 is 2.75 bits per heavy atom. The maximum absolute atomic E-state index is 12.4. The number of nitrogens with zero attached hydrogens (tertiary/aromatic N) is 3. The predicted octanol–water partition coefficient (Wildman–Crippen LogP) is 4.45. The van der Waals surface area contributed by atoms with Gasteiger partial charge >= 0.3 is 6.36 Å². The maximum Gasteiger partial charge on any atom is 0.522 e. The number of carbonyl (C=O) groups is 1. The first-order chi connectivity index (χ1) is 15.1. The molecule has 2 aromatic heterocycles. The van der Waals surface area contributed by atoms with E-state index >= 15 is 0 Å². The van der Waals surface area contributed by atoms with Crippen molar-refractivity contribution in [2.45, 2.75) is 39.6 Å². The van der Waals surface area contributed by atoms with Gasteiger partial charge in [0.25, 0.3) is 5.91 Å². The lowest BCUT2D eigenvalue weighted by Gasteiger charge is -2.09. The topological polar surface area (TPSA) is 105 Å². The predicted molar refractivity (Wildman–Crippen MR) is 113 cm³/mol. The molecule has 3 aromatic rings. The van der Waals surface area contributed by atoms with Crippen LogP contribution in [-0.4, -0.2) is 51.0 Å². The first-order valence-electron chi connectivity index (χ1n) is 10.0. The molecule has 0 bridgehead atoms. The van der Waals surface area contributed by atoms with E-state index in [1.165, 1.54) is 6.07 Å². The Kier molecular flexibility index (Phi) is 6.87. The highest BCUT2D eigenvalue weighted by molar-refractivity contribution is 6.14. The number of aliphatic imine (C=N–C) groups is 1. The van der Waals surface area contributed by atoms with Gasteiger partial charge in [-0.05, 0) is 38.5 Å². The number of hydrogen-bond donors (Lipinski definition) is 3. The Morgan fingerprint density at radius 2 is 2.12 bits per heavy atom. The number of rotatable bonds is 8. The van der Waals surface area contributed by atoms with Gasteiger partial charge in [0, 0.05) is 29.1 Å². The van der Waals surface area contributed by atoms with Crippen LogP contribution in [0.3, 0.4) is 0 Å². The summed E-state index contributed by atoms with van der Waals surface area (Å²) in [6.07, 6.45) is -0.821. The number of aromatic hydroxyl groups is 1. The zero-order chi connectivity index (χ0) is 23.5. The van der Waals surface area contributed by atoms with Crippen LogP contribution in [-0.2, 0) is 4.74 Å². The molecule has 3 rings (SSSR count). The monoisotopic (exact) mass is 451 g/mol. The molecule has 11 heteroatoms. The Hall–Kier alpha value is -3.34. The molecule has 0 saturated heterocycles. The third-order valence-electron chi connectivity index (χ3n) is 4.70. The van der Waals surface area contributed by atoms with Crippen molar-refractivity contribution in [1.29, 1.82) is 0 Å². The number of benzene rings is 1. The number of hydrogen-bond acceptors (Lipinski definition) is 5. The maximum atomic E-state index is 12.4. The van der Waals surface area contributed by atoms with E-state index < -0.39 is 18.9 Å². The van der Waals surface area contributed by atoms with E-state index in [9.17, 15) is 23.1 Å². The third kappa shape index (κ3) is 5.47. The van der Waals surface area contributed by atoms with Gasteiger partial charge in [-0.15, -0.1) is 13.2 Å². The lowest BCUT2D eigenvalue weighted by molar-refractivity contribution is -0.323. The second kappa shape index (κ2) is 9.43. The van der Waals surface area contributed by atoms with E-state index in [0.717, 1.165) is 0 Å². The molecule has 0 aliphatic rings. The van der Waals surface area contributed by atoms with Crippen LogP contribution in [0.5, 0.6) is 5.88 Å². The summed E-state index contributed by atoms with van der Waals surface area (Å²) in [5.74, 6) is -0.648. The Labute approximate surface area is 182 Å². The number of carbonyl (C=O) groups excluding carboxylic acids is 1. The SMILES string of the molecule is CCC(=Nc1cnn(C(C)C)c1)c1c(O)[nH]c2ccc(C(=O)NCCOC(F)(F)F)cc12. The van der Waals surface area contributed by atoms with Crippen LogP contribution >= 0.6 is 0 Å². The zero-order valence-electron chi connectivity index (χ0n) is 17.8. The summed E-state index contributed by atoms with van der Waals surface area (Å²) in [5, 5.41) is 17.7. The van der Waals surface area contributed by atoms with Gasteiger partial charge in [-0.2, -0.15) is 5.10 Å². The molecule has 32 heavy (non-hydrogen) atoms. The fourth-order valence-electron chi connectivity index (χ4n) is 3.18. The molecule has 1 aromatic carbocycles. The molecule has 0 aliphatic carbocycles. The average molecular weight is 451 g/mol. The van der Waals surface area contributed by atoms with E-state index in [2.05, 4.69) is 25.1 Å². The van der Waals surface area contributed by atoms with Gasteiger partial charge in [0.15, 0.2) is 5.88 Å². The molecule has 0 saturated carbocycles. The molecule has 0 fully saturated rings. The largest absolute Gasteiger partial charge is 0.522 e.